The van der Waals surface area contributed by atoms with Crippen molar-refractivity contribution in [3.63, 3.8) is 0 Å². The van der Waals surface area contributed by atoms with Gasteiger partial charge in [0.15, 0.2) is 0 Å². The van der Waals surface area contributed by atoms with Crippen molar-refractivity contribution < 1.29 is 13.5 Å². The molecule has 1 fully saturated rings. The van der Waals surface area contributed by atoms with E-state index < -0.39 is 10.0 Å². The molecule has 0 saturated carbocycles. The van der Waals surface area contributed by atoms with Gasteiger partial charge in [0, 0.05) is 12.6 Å². The van der Waals surface area contributed by atoms with Gasteiger partial charge >= 0.3 is 0 Å². The first-order valence-electron chi connectivity index (χ1n) is 5.83. The minimum Gasteiger partial charge on any atom is -0.395 e. The monoisotopic (exact) mass is 300 g/mol. The first-order valence-corrected chi connectivity index (χ1v) is 7.65. The standard InChI is InChI=1S/C12H13ClN2O3S/c13-12-6-11(4-3-9(12)7-14)19(17,18)15-5-1-2-10(15)8-16/h3-4,6,10,16H,1-2,5,8H2/t10-/m0/s1. The average Bonchev–Trinajstić information content (AvgIpc) is 2.87. The lowest BCUT2D eigenvalue weighted by atomic mass is 10.2. The summed E-state index contributed by atoms with van der Waals surface area (Å²) in [6, 6.07) is 5.54. The molecule has 0 amide bonds. The van der Waals surface area contributed by atoms with Crippen molar-refractivity contribution in [3.05, 3.63) is 28.8 Å². The van der Waals surface area contributed by atoms with Gasteiger partial charge in [-0.3, -0.25) is 0 Å². The van der Waals surface area contributed by atoms with Crippen LogP contribution < -0.4 is 0 Å². The highest BCUT2D eigenvalue weighted by atomic mass is 35.5. The maximum absolute atomic E-state index is 12.4. The summed E-state index contributed by atoms with van der Waals surface area (Å²) in [7, 11) is -3.67. The molecule has 0 spiro atoms. The smallest absolute Gasteiger partial charge is 0.243 e. The van der Waals surface area contributed by atoms with Crippen molar-refractivity contribution in [3.8, 4) is 6.07 Å². The van der Waals surface area contributed by atoms with E-state index in [4.69, 9.17) is 16.9 Å². The number of sulfonamides is 1. The molecule has 2 rings (SSSR count). The summed E-state index contributed by atoms with van der Waals surface area (Å²) in [6.07, 6.45) is 1.38. The normalized spacial score (nSPS) is 20.4. The van der Waals surface area contributed by atoms with Gasteiger partial charge in [-0.1, -0.05) is 11.6 Å². The van der Waals surface area contributed by atoms with Gasteiger partial charge in [-0.05, 0) is 31.0 Å². The van der Waals surface area contributed by atoms with E-state index >= 15 is 0 Å². The predicted octanol–water partition coefficient (Wildman–Crippen LogP) is 1.36. The molecule has 1 atom stereocenters. The molecule has 0 aromatic heterocycles. The Morgan fingerprint density at radius 3 is 2.84 bits per heavy atom. The second kappa shape index (κ2) is 5.47. The lowest BCUT2D eigenvalue weighted by Crippen LogP contribution is -2.37. The summed E-state index contributed by atoms with van der Waals surface area (Å²) in [5, 5.41) is 18.1. The molecule has 1 aliphatic rings. The van der Waals surface area contributed by atoms with Crippen molar-refractivity contribution >= 4 is 21.6 Å². The van der Waals surface area contributed by atoms with E-state index in [1.807, 2.05) is 6.07 Å². The van der Waals surface area contributed by atoms with Crippen molar-refractivity contribution in [1.82, 2.24) is 4.31 Å². The zero-order chi connectivity index (χ0) is 14.0. The van der Waals surface area contributed by atoms with Crippen LogP contribution in [0.3, 0.4) is 0 Å². The highest BCUT2D eigenvalue weighted by Gasteiger charge is 2.34. The first-order chi connectivity index (χ1) is 9.00. The van der Waals surface area contributed by atoms with E-state index in [-0.39, 0.29) is 28.1 Å². The third-order valence-electron chi connectivity index (χ3n) is 3.20. The number of benzene rings is 1. The number of nitriles is 1. The molecule has 1 saturated heterocycles. The Kier molecular flexibility index (Phi) is 4.11. The van der Waals surface area contributed by atoms with Crippen molar-refractivity contribution in [2.45, 2.75) is 23.8 Å². The van der Waals surface area contributed by atoms with Crippen LogP contribution in [0.2, 0.25) is 5.02 Å². The summed E-state index contributed by atoms with van der Waals surface area (Å²) in [6.45, 7) is 0.203. The Morgan fingerprint density at radius 1 is 1.53 bits per heavy atom. The van der Waals surface area contributed by atoms with E-state index in [0.717, 1.165) is 6.42 Å². The Balaban J connectivity index is 2.40. The number of nitrogens with zero attached hydrogens (tertiary/aromatic N) is 2. The number of halogens is 1. The summed E-state index contributed by atoms with van der Waals surface area (Å²) in [4.78, 5) is 0.0526. The van der Waals surface area contributed by atoms with Crippen LogP contribution in [0.5, 0.6) is 0 Å². The lowest BCUT2D eigenvalue weighted by molar-refractivity contribution is 0.213. The van der Waals surface area contributed by atoms with Crippen molar-refractivity contribution in [2.75, 3.05) is 13.2 Å². The van der Waals surface area contributed by atoms with Gasteiger partial charge in [-0.25, -0.2) is 8.42 Å². The Morgan fingerprint density at radius 2 is 2.26 bits per heavy atom. The molecule has 0 unspecified atom stereocenters. The summed E-state index contributed by atoms with van der Waals surface area (Å²) in [5.41, 5.74) is 0.237. The molecule has 19 heavy (non-hydrogen) atoms. The second-order valence-corrected chi connectivity index (χ2v) is 6.65. The zero-order valence-electron chi connectivity index (χ0n) is 10.1. The molecular formula is C12H13ClN2O3S. The summed E-state index contributed by atoms with van der Waals surface area (Å²) < 4.78 is 26.2. The van der Waals surface area contributed by atoms with Crippen LogP contribution in [0, 0.1) is 11.3 Å². The number of rotatable bonds is 3. The minimum atomic E-state index is -3.67. The predicted molar refractivity (Wildman–Crippen MR) is 70.2 cm³/mol. The molecular weight excluding hydrogens is 288 g/mol. The number of hydrogen-bond acceptors (Lipinski definition) is 4. The lowest BCUT2D eigenvalue weighted by Gasteiger charge is -2.22. The Labute approximate surface area is 117 Å². The molecule has 5 nitrogen and oxygen atoms in total. The molecule has 7 heteroatoms. The molecule has 1 aliphatic heterocycles. The molecule has 0 aliphatic carbocycles. The van der Waals surface area contributed by atoms with Gasteiger partial charge in [0.2, 0.25) is 10.0 Å². The molecule has 1 aromatic rings. The quantitative estimate of drug-likeness (QED) is 0.914. The molecule has 0 bridgehead atoms. The number of hydrogen-bond donors (Lipinski definition) is 1. The number of aliphatic hydroxyl groups excluding tert-OH is 1. The summed E-state index contributed by atoms with van der Waals surface area (Å²) >= 11 is 5.86. The van der Waals surface area contributed by atoms with Crippen molar-refractivity contribution in [1.29, 1.82) is 5.26 Å². The third-order valence-corrected chi connectivity index (χ3v) is 5.46. The van der Waals surface area contributed by atoms with Crippen LogP contribution in [0.25, 0.3) is 0 Å². The zero-order valence-corrected chi connectivity index (χ0v) is 11.7. The fourth-order valence-electron chi connectivity index (χ4n) is 2.19. The highest BCUT2D eigenvalue weighted by Crippen LogP contribution is 2.28. The van der Waals surface area contributed by atoms with Gasteiger partial charge in [0.1, 0.15) is 6.07 Å². The Hall–Kier alpha value is -1.13. The van der Waals surface area contributed by atoms with Crippen LogP contribution >= 0.6 is 11.6 Å². The first kappa shape index (κ1) is 14.3. The second-order valence-electron chi connectivity index (χ2n) is 4.35. The SMILES string of the molecule is N#Cc1ccc(S(=O)(=O)N2CCC[C@H]2CO)cc1Cl. The molecule has 1 heterocycles. The van der Waals surface area contributed by atoms with E-state index in [1.54, 1.807) is 0 Å². The largest absolute Gasteiger partial charge is 0.395 e. The fourth-order valence-corrected chi connectivity index (χ4v) is 4.19. The van der Waals surface area contributed by atoms with Gasteiger partial charge in [-0.15, -0.1) is 0 Å². The number of aliphatic hydroxyl groups is 1. The minimum absolute atomic E-state index is 0.0526. The van der Waals surface area contributed by atoms with Crippen LogP contribution in [0.4, 0.5) is 0 Å². The van der Waals surface area contributed by atoms with Gasteiger partial charge in [-0.2, -0.15) is 9.57 Å². The molecule has 1 aromatic carbocycles. The highest BCUT2D eigenvalue weighted by molar-refractivity contribution is 7.89. The van der Waals surface area contributed by atoms with E-state index in [0.29, 0.717) is 13.0 Å². The van der Waals surface area contributed by atoms with Gasteiger partial charge < -0.3 is 5.11 Å². The maximum atomic E-state index is 12.4. The fraction of sp³-hybridized carbons (Fsp3) is 0.417. The molecule has 102 valence electrons. The van der Waals surface area contributed by atoms with E-state index in [2.05, 4.69) is 0 Å². The summed E-state index contributed by atoms with van der Waals surface area (Å²) in [5.74, 6) is 0. The van der Waals surface area contributed by atoms with E-state index in [9.17, 15) is 13.5 Å². The topological polar surface area (TPSA) is 81.4 Å². The maximum Gasteiger partial charge on any atom is 0.243 e. The van der Waals surface area contributed by atoms with Crippen LogP contribution in [0.1, 0.15) is 18.4 Å². The van der Waals surface area contributed by atoms with Crippen molar-refractivity contribution in [2.24, 2.45) is 0 Å². The average molecular weight is 301 g/mol. The van der Waals surface area contributed by atoms with Gasteiger partial charge in [0.25, 0.3) is 0 Å². The van der Waals surface area contributed by atoms with Crippen LogP contribution in [0.15, 0.2) is 23.1 Å². The van der Waals surface area contributed by atoms with Gasteiger partial charge in [0.05, 0.1) is 22.1 Å². The Bertz CT molecular complexity index is 624. The molecule has 1 N–H and O–H groups in total. The van der Waals surface area contributed by atoms with Crippen LogP contribution in [-0.2, 0) is 10.0 Å². The van der Waals surface area contributed by atoms with E-state index in [1.165, 1.54) is 22.5 Å². The van der Waals surface area contributed by atoms with Crippen LogP contribution in [-0.4, -0.2) is 37.0 Å². The molecule has 0 radical (unpaired) electrons. The third kappa shape index (κ3) is 2.60.